The van der Waals surface area contributed by atoms with Gasteiger partial charge in [0.05, 0.1) is 11.1 Å². The number of para-hydroxylation sites is 1. The lowest BCUT2D eigenvalue weighted by molar-refractivity contribution is -0.140. The van der Waals surface area contributed by atoms with Crippen molar-refractivity contribution in [2.24, 2.45) is 7.05 Å². The number of nitrogens with one attached hydrogen (secondary N) is 1. The Labute approximate surface area is 151 Å². The first-order chi connectivity index (χ1) is 12.7. The number of aryl methyl sites for hydroxylation is 1. The first kappa shape index (κ1) is 18.6. The van der Waals surface area contributed by atoms with Gasteiger partial charge < -0.3 is 14.5 Å². The first-order valence-electron chi connectivity index (χ1n) is 7.90. The molecule has 1 aromatic heterocycles. The van der Waals surface area contributed by atoms with Gasteiger partial charge in [0.15, 0.2) is 11.7 Å². The number of halogens is 3. The molecule has 0 aliphatic rings. The van der Waals surface area contributed by atoms with E-state index in [0.717, 1.165) is 12.1 Å². The van der Waals surface area contributed by atoms with Crippen molar-refractivity contribution in [2.45, 2.75) is 19.2 Å². The number of benzene rings is 2. The minimum atomic E-state index is -4.59. The molecule has 1 N–H and O–H groups in total. The molecular formula is C18H15F3N2O4. The molecule has 0 spiro atoms. The Kier molecular flexibility index (Phi) is 4.69. The average molecular weight is 380 g/mol. The topological polar surface area (TPSA) is 73.5 Å². The summed E-state index contributed by atoms with van der Waals surface area (Å²) in [5, 5.41) is 2.52. The molecule has 0 saturated carbocycles. The van der Waals surface area contributed by atoms with Crippen LogP contribution in [0.15, 0.2) is 51.7 Å². The molecule has 0 saturated heterocycles. The average Bonchev–Trinajstić information content (AvgIpc) is 2.88. The Hall–Kier alpha value is -3.23. The van der Waals surface area contributed by atoms with E-state index in [0.29, 0.717) is 11.2 Å². The fraction of sp³-hybridized carbons (Fsp3) is 0.222. The van der Waals surface area contributed by atoms with Crippen molar-refractivity contribution in [3.63, 3.8) is 0 Å². The molecule has 9 heteroatoms. The van der Waals surface area contributed by atoms with Crippen LogP contribution in [0, 0.1) is 0 Å². The highest BCUT2D eigenvalue weighted by molar-refractivity contribution is 5.95. The number of alkyl halides is 3. The lowest BCUT2D eigenvalue weighted by Crippen LogP contribution is -2.30. The van der Waals surface area contributed by atoms with Gasteiger partial charge in [-0.1, -0.05) is 12.1 Å². The summed E-state index contributed by atoms with van der Waals surface area (Å²) in [5.41, 5.74) is 0.177. The lowest BCUT2D eigenvalue weighted by atomic mass is 10.2. The van der Waals surface area contributed by atoms with Crippen LogP contribution >= 0.6 is 0 Å². The number of fused-ring (bicyclic) bond motifs is 1. The Balaban J connectivity index is 1.76. The molecule has 0 bridgehead atoms. The van der Waals surface area contributed by atoms with Crippen molar-refractivity contribution in [2.75, 3.05) is 5.32 Å². The first-order valence-corrected chi connectivity index (χ1v) is 7.90. The van der Waals surface area contributed by atoms with Crippen LogP contribution in [0.4, 0.5) is 18.9 Å². The third-order valence-corrected chi connectivity index (χ3v) is 3.93. The Morgan fingerprint density at radius 2 is 1.93 bits per heavy atom. The van der Waals surface area contributed by atoms with E-state index in [1.54, 1.807) is 19.2 Å². The summed E-state index contributed by atoms with van der Waals surface area (Å²) in [7, 11) is 1.54. The predicted molar refractivity (Wildman–Crippen MR) is 91.6 cm³/mol. The van der Waals surface area contributed by atoms with Gasteiger partial charge in [-0.15, -0.1) is 0 Å². The van der Waals surface area contributed by atoms with Crippen molar-refractivity contribution >= 4 is 22.7 Å². The van der Waals surface area contributed by atoms with Gasteiger partial charge in [-0.05, 0) is 31.2 Å². The highest BCUT2D eigenvalue weighted by Crippen LogP contribution is 2.36. The van der Waals surface area contributed by atoms with Crippen LogP contribution in [0.5, 0.6) is 5.75 Å². The number of anilines is 1. The van der Waals surface area contributed by atoms with E-state index < -0.39 is 35.3 Å². The predicted octanol–water partition coefficient (Wildman–Crippen LogP) is 3.56. The van der Waals surface area contributed by atoms with Crippen molar-refractivity contribution in [3.05, 3.63) is 58.6 Å². The molecule has 142 valence electrons. The summed E-state index contributed by atoms with van der Waals surface area (Å²) < 4.78 is 50.6. The molecule has 0 aliphatic heterocycles. The van der Waals surface area contributed by atoms with Gasteiger partial charge in [0.2, 0.25) is 0 Å². The van der Waals surface area contributed by atoms with Crippen LogP contribution in [0.3, 0.4) is 0 Å². The Bertz CT molecular complexity index is 1050. The second-order valence-corrected chi connectivity index (χ2v) is 5.85. The number of oxazole rings is 1. The molecule has 27 heavy (non-hydrogen) atoms. The number of nitrogens with zero attached hydrogens (tertiary/aromatic N) is 1. The van der Waals surface area contributed by atoms with Crippen molar-refractivity contribution in [1.82, 2.24) is 4.57 Å². The van der Waals surface area contributed by atoms with Gasteiger partial charge in [-0.25, -0.2) is 4.79 Å². The number of ether oxygens (including phenoxy) is 1. The smallest absolute Gasteiger partial charge is 0.419 e. The molecule has 1 amide bonds. The fourth-order valence-corrected chi connectivity index (χ4v) is 2.50. The SMILES string of the molecule is CC(Oc1ccccc1C(F)(F)F)C(=O)Nc1ccc2c(c1)oc(=O)n2C. The van der Waals surface area contributed by atoms with Crippen molar-refractivity contribution in [3.8, 4) is 5.75 Å². The van der Waals surface area contributed by atoms with Gasteiger partial charge in [-0.3, -0.25) is 9.36 Å². The molecule has 6 nitrogen and oxygen atoms in total. The quantitative estimate of drug-likeness (QED) is 0.751. The van der Waals surface area contributed by atoms with E-state index in [1.165, 1.54) is 29.7 Å². The van der Waals surface area contributed by atoms with Gasteiger partial charge in [-0.2, -0.15) is 13.2 Å². The van der Waals surface area contributed by atoms with Gasteiger partial charge >= 0.3 is 11.9 Å². The summed E-state index contributed by atoms with van der Waals surface area (Å²) in [6, 6.07) is 9.24. The van der Waals surface area contributed by atoms with Crippen LogP contribution in [0.25, 0.3) is 11.1 Å². The number of carbonyl (C=O) groups excluding carboxylic acids is 1. The van der Waals surface area contributed by atoms with Crippen molar-refractivity contribution < 1.29 is 27.1 Å². The van der Waals surface area contributed by atoms with E-state index in [2.05, 4.69) is 5.32 Å². The minimum Gasteiger partial charge on any atom is -0.480 e. The van der Waals surface area contributed by atoms with Crippen molar-refractivity contribution in [1.29, 1.82) is 0 Å². The molecule has 2 aromatic carbocycles. The van der Waals surface area contributed by atoms with Crippen LogP contribution in [-0.2, 0) is 18.0 Å². The zero-order valence-electron chi connectivity index (χ0n) is 14.3. The fourth-order valence-electron chi connectivity index (χ4n) is 2.50. The molecule has 3 aromatic rings. The maximum Gasteiger partial charge on any atom is 0.419 e. The van der Waals surface area contributed by atoms with Gasteiger partial charge in [0, 0.05) is 18.8 Å². The minimum absolute atomic E-state index is 0.274. The Morgan fingerprint density at radius 1 is 1.22 bits per heavy atom. The number of carbonyl (C=O) groups is 1. The van der Waals surface area contributed by atoms with E-state index in [1.807, 2.05) is 0 Å². The Morgan fingerprint density at radius 3 is 2.63 bits per heavy atom. The van der Waals surface area contributed by atoms with E-state index >= 15 is 0 Å². The highest BCUT2D eigenvalue weighted by Gasteiger charge is 2.34. The maximum absolute atomic E-state index is 13.0. The number of hydrogen-bond acceptors (Lipinski definition) is 4. The number of amides is 1. The van der Waals surface area contributed by atoms with Gasteiger partial charge in [0.1, 0.15) is 5.75 Å². The third kappa shape index (κ3) is 3.81. The zero-order chi connectivity index (χ0) is 19.8. The van der Waals surface area contributed by atoms with Crippen LogP contribution < -0.4 is 15.8 Å². The second kappa shape index (κ2) is 6.82. The molecule has 1 heterocycles. The van der Waals surface area contributed by atoms with E-state index in [-0.39, 0.29) is 5.58 Å². The number of hydrogen-bond donors (Lipinski definition) is 1. The van der Waals surface area contributed by atoms with E-state index in [4.69, 9.17) is 9.15 Å². The van der Waals surface area contributed by atoms with E-state index in [9.17, 15) is 22.8 Å². The number of rotatable bonds is 4. The molecule has 1 unspecified atom stereocenters. The summed E-state index contributed by atoms with van der Waals surface area (Å²) in [4.78, 5) is 23.8. The summed E-state index contributed by atoms with van der Waals surface area (Å²) in [5.74, 6) is -1.63. The molecule has 0 radical (unpaired) electrons. The third-order valence-electron chi connectivity index (χ3n) is 3.93. The second-order valence-electron chi connectivity index (χ2n) is 5.85. The normalized spacial score (nSPS) is 12.8. The van der Waals surface area contributed by atoms with Crippen LogP contribution in [0.2, 0.25) is 0 Å². The van der Waals surface area contributed by atoms with Crippen LogP contribution in [0.1, 0.15) is 12.5 Å². The van der Waals surface area contributed by atoms with Crippen LogP contribution in [-0.4, -0.2) is 16.6 Å². The monoisotopic (exact) mass is 380 g/mol. The molecular weight excluding hydrogens is 365 g/mol. The number of aromatic nitrogens is 1. The summed E-state index contributed by atoms with van der Waals surface area (Å²) >= 11 is 0. The maximum atomic E-state index is 13.0. The summed E-state index contributed by atoms with van der Waals surface area (Å²) in [6.45, 7) is 1.34. The highest BCUT2D eigenvalue weighted by atomic mass is 19.4. The molecule has 3 rings (SSSR count). The van der Waals surface area contributed by atoms with Gasteiger partial charge in [0.25, 0.3) is 5.91 Å². The molecule has 1 atom stereocenters. The molecule has 0 aliphatic carbocycles. The summed E-state index contributed by atoms with van der Waals surface area (Å²) in [6.07, 6.45) is -5.78. The largest absolute Gasteiger partial charge is 0.480 e. The standard InChI is InChI=1S/C18H15F3N2O4/c1-10(26-14-6-4-3-5-12(14)18(19,20)21)16(24)22-11-7-8-13-15(9-11)27-17(25)23(13)2/h3-10H,1-2H3,(H,22,24). The zero-order valence-corrected chi connectivity index (χ0v) is 14.3. The molecule has 0 fully saturated rings. The lowest BCUT2D eigenvalue weighted by Gasteiger charge is -2.18.